The van der Waals surface area contributed by atoms with E-state index in [2.05, 4.69) is 57.3 Å². The molecule has 2 heteroatoms. The van der Waals surface area contributed by atoms with Gasteiger partial charge in [0.05, 0.1) is 12.7 Å². The van der Waals surface area contributed by atoms with Gasteiger partial charge in [0.25, 0.3) is 0 Å². The molecule has 1 saturated carbocycles. The monoisotopic (exact) mass is 289 g/mol. The molecule has 1 aliphatic rings. The average molecular weight is 289 g/mol. The fraction of sp³-hybridized carbons (Fsp3) is 0.684. The summed E-state index contributed by atoms with van der Waals surface area (Å²) in [5, 5.41) is 3.60. The molecule has 0 bridgehead atoms. The van der Waals surface area contributed by atoms with E-state index < -0.39 is 0 Å². The lowest BCUT2D eigenvalue weighted by Gasteiger charge is -2.16. The van der Waals surface area contributed by atoms with Gasteiger partial charge in [0, 0.05) is 12.6 Å². The minimum Gasteiger partial charge on any atom is -0.374 e. The van der Waals surface area contributed by atoms with Gasteiger partial charge in [-0.05, 0) is 49.1 Å². The van der Waals surface area contributed by atoms with Crippen LogP contribution in [0.5, 0.6) is 0 Å². The van der Waals surface area contributed by atoms with Gasteiger partial charge in [-0.15, -0.1) is 0 Å². The second-order valence-corrected chi connectivity index (χ2v) is 7.08. The van der Waals surface area contributed by atoms with Crippen LogP contribution < -0.4 is 5.32 Å². The first-order valence-electron chi connectivity index (χ1n) is 8.48. The van der Waals surface area contributed by atoms with E-state index in [1.165, 1.54) is 24.0 Å². The van der Waals surface area contributed by atoms with Crippen molar-refractivity contribution < 1.29 is 4.74 Å². The summed E-state index contributed by atoms with van der Waals surface area (Å²) >= 11 is 0. The maximum Gasteiger partial charge on any atom is 0.0720 e. The Balaban J connectivity index is 1.75. The van der Waals surface area contributed by atoms with Gasteiger partial charge in [0.2, 0.25) is 0 Å². The molecule has 118 valence electrons. The largest absolute Gasteiger partial charge is 0.374 e. The van der Waals surface area contributed by atoms with Crippen molar-refractivity contribution >= 4 is 0 Å². The number of benzene rings is 1. The quantitative estimate of drug-likeness (QED) is 0.723. The predicted octanol–water partition coefficient (Wildman–Crippen LogP) is 4.49. The molecule has 0 heterocycles. The van der Waals surface area contributed by atoms with Gasteiger partial charge in [0.15, 0.2) is 0 Å². The molecule has 1 aliphatic carbocycles. The van der Waals surface area contributed by atoms with Crippen LogP contribution >= 0.6 is 0 Å². The summed E-state index contributed by atoms with van der Waals surface area (Å²) in [5.41, 5.74) is 2.69. The maximum absolute atomic E-state index is 5.91. The SMILES string of the molecule is CC(C)CC(C)OCc1ccc(C(C)CNC2CC2)cc1. The highest BCUT2D eigenvalue weighted by atomic mass is 16.5. The third kappa shape index (κ3) is 6.19. The van der Waals surface area contributed by atoms with Gasteiger partial charge in [0.1, 0.15) is 0 Å². The zero-order valence-electron chi connectivity index (χ0n) is 14.1. The summed E-state index contributed by atoms with van der Waals surface area (Å²) in [7, 11) is 0. The Hall–Kier alpha value is -0.860. The second-order valence-electron chi connectivity index (χ2n) is 7.08. The molecule has 0 amide bonds. The normalized spacial score (nSPS) is 18.0. The molecule has 0 radical (unpaired) electrons. The molecule has 1 aromatic rings. The molecule has 21 heavy (non-hydrogen) atoms. The molecule has 1 fully saturated rings. The van der Waals surface area contributed by atoms with Crippen LogP contribution in [0.15, 0.2) is 24.3 Å². The zero-order chi connectivity index (χ0) is 15.2. The van der Waals surface area contributed by atoms with Crippen molar-refractivity contribution in [1.82, 2.24) is 5.32 Å². The van der Waals surface area contributed by atoms with E-state index in [0.29, 0.717) is 17.9 Å². The van der Waals surface area contributed by atoms with Crippen LogP contribution in [0.2, 0.25) is 0 Å². The van der Waals surface area contributed by atoms with Crippen LogP contribution in [0, 0.1) is 5.92 Å². The summed E-state index contributed by atoms with van der Waals surface area (Å²) in [4.78, 5) is 0. The van der Waals surface area contributed by atoms with E-state index in [-0.39, 0.29) is 0 Å². The summed E-state index contributed by atoms with van der Waals surface area (Å²) < 4.78 is 5.91. The van der Waals surface area contributed by atoms with Crippen LogP contribution in [0.3, 0.4) is 0 Å². The zero-order valence-corrected chi connectivity index (χ0v) is 14.1. The van der Waals surface area contributed by atoms with E-state index in [4.69, 9.17) is 4.74 Å². The van der Waals surface area contributed by atoms with E-state index in [9.17, 15) is 0 Å². The Morgan fingerprint density at radius 2 is 1.76 bits per heavy atom. The molecule has 1 aromatic carbocycles. The molecular formula is C19H31NO. The van der Waals surface area contributed by atoms with Gasteiger partial charge >= 0.3 is 0 Å². The molecular weight excluding hydrogens is 258 g/mol. The molecule has 1 N–H and O–H groups in total. The van der Waals surface area contributed by atoms with Gasteiger partial charge in [-0.25, -0.2) is 0 Å². The van der Waals surface area contributed by atoms with Crippen molar-refractivity contribution in [1.29, 1.82) is 0 Å². The van der Waals surface area contributed by atoms with Crippen LogP contribution in [-0.4, -0.2) is 18.7 Å². The standard InChI is InChI=1S/C19H31NO/c1-14(2)11-16(4)21-13-17-5-7-18(8-6-17)15(3)12-20-19-9-10-19/h5-8,14-16,19-20H,9-13H2,1-4H3. The topological polar surface area (TPSA) is 21.3 Å². The fourth-order valence-electron chi connectivity index (χ4n) is 2.66. The Morgan fingerprint density at radius 3 is 2.33 bits per heavy atom. The second kappa shape index (κ2) is 7.95. The van der Waals surface area contributed by atoms with Gasteiger partial charge in [-0.1, -0.05) is 45.0 Å². The third-order valence-electron chi connectivity index (χ3n) is 4.18. The van der Waals surface area contributed by atoms with Crippen molar-refractivity contribution in [2.24, 2.45) is 5.92 Å². The average Bonchev–Trinajstić information content (AvgIpc) is 3.26. The Morgan fingerprint density at radius 1 is 1.10 bits per heavy atom. The molecule has 2 nitrogen and oxygen atoms in total. The Bertz CT molecular complexity index is 408. The lowest BCUT2D eigenvalue weighted by molar-refractivity contribution is 0.0397. The molecule has 0 saturated heterocycles. The number of nitrogens with one attached hydrogen (secondary N) is 1. The first-order chi connectivity index (χ1) is 10.0. The van der Waals surface area contributed by atoms with Gasteiger partial charge < -0.3 is 10.1 Å². The summed E-state index contributed by atoms with van der Waals surface area (Å²) in [6.07, 6.45) is 4.18. The summed E-state index contributed by atoms with van der Waals surface area (Å²) in [5.74, 6) is 1.28. The molecule has 2 rings (SSSR count). The van der Waals surface area contributed by atoms with Crippen molar-refractivity contribution in [2.75, 3.05) is 6.54 Å². The van der Waals surface area contributed by atoms with E-state index in [0.717, 1.165) is 25.6 Å². The minimum atomic E-state index is 0.339. The van der Waals surface area contributed by atoms with Crippen molar-refractivity contribution in [3.63, 3.8) is 0 Å². The Kier molecular flexibility index (Phi) is 6.25. The van der Waals surface area contributed by atoms with Gasteiger partial charge in [-0.3, -0.25) is 0 Å². The minimum absolute atomic E-state index is 0.339. The molecule has 0 aliphatic heterocycles. The Labute approximate surface area is 130 Å². The van der Waals surface area contributed by atoms with Crippen molar-refractivity contribution in [2.45, 2.75) is 71.6 Å². The van der Waals surface area contributed by atoms with Crippen molar-refractivity contribution in [3.8, 4) is 0 Å². The van der Waals surface area contributed by atoms with E-state index >= 15 is 0 Å². The summed E-state index contributed by atoms with van der Waals surface area (Å²) in [6, 6.07) is 9.73. The molecule has 0 aromatic heterocycles. The molecule has 2 unspecified atom stereocenters. The smallest absolute Gasteiger partial charge is 0.0720 e. The highest BCUT2D eigenvalue weighted by Crippen LogP contribution is 2.21. The van der Waals surface area contributed by atoms with Crippen LogP contribution in [0.4, 0.5) is 0 Å². The highest BCUT2D eigenvalue weighted by Gasteiger charge is 2.21. The van der Waals surface area contributed by atoms with Gasteiger partial charge in [-0.2, -0.15) is 0 Å². The fourth-order valence-corrected chi connectivity index (χ4v) is 2.66. The van der Waals surface area contributed by atoms with E-state index in [1.807, 2.05) is 0 Å². The molecule has 0 spiro atoms. The van der Waals surface area contributed by atoms with E-state index in [1.54, 1.807) is 0 Å². The molecule has 2 atom stereocenters. The van der Waals surface area contributed by atoms with Crippen LogP contribution in [0.1, 0.15) is 64.0 Å². The van der Waals surface area contributed by atoms with Crippen molar-refractivity contribution in [3.05, 3.63) is 35.4 Å². The highest BCUT2D eigenvalue weighted by molar-refractivity contribution is 5.25. The third-order valence-corrected chi connectivity index (χ3v) is 4.18. The number of hydrogen-bond acceptors (Lipinski definition) is 2. The number of ether oxygens (including phenoxy) is 1. The maximum atomic E-state index is 5.91. The lowest BCUT2D eigenvalue weighted by atomic mass is 10.00. The summed E-state index contributed by atoms with van der Waals surface area (Å²) in [6.45, 7) is 10.8. The number of rotatable bonds is 9. The van der Waals surface area contributed by atoms with Crippen LogP contribution in [-0.2, 0) is 11.3 Å². The lowest BCUT2D eigenvalue weighted by Crippen LogP contribution is -2.22. The first-order valence-corrected chi connectivity index (χ1v) is 8.48. The number of hydrogen-bond donors (Lipinski definition) is 1. The predicted molar refractivity (Wildman–Crippen MR) is 89.6 cm³/mol. The first kappa shape index (κ1) is 16.5. The van der Waals surface area contributed by atoms with Crippen LogP contribution in [0.25, 0.3) is 0 Å².